The number of hydrogen-bond acceptors (Lipinski definition) is 0. The molecular formula is C9H18N+. The van der Waals surface area contributed by atoms with Crippen molar-refractivity contribution in [1.82, 2.24) is 0 Å². The molecule has 1 heteroatoms. The van der Waals surface area contributed by atoms with Gasteiger partial charge in [0.15, 0.2) is 0 Å². The van der Waals surface area contributed by atoms with Gasteiger partial charge in [0.05, 0.1) is 6.04 Å². The predicted molar refractivity (Wildman–Crippen MR) is 41.3 cm³/mol. The van der Waals surface area contributed by atoms with Gasteiger partial charge in [0.1, 0.15) is 0 Å². The maximum absolute atomic E-state index is 4.14. The van der Waals surface area contributed by atoms with E-state index in [2.05, 4.69) is 12.7 Å². The van der Waals surface area contributed by atoms with Crippen LogP contribution in [-0.4, -0.2) is 6.04 Å². The smallest absolute Gasteiger partial charge is 0.0846 e. The molecule has 0 aliphatic heterocycles. The van der Waals surface area contributed by atoms with E-state index in [0.29, 0.717) is 6.04 Å². The highest BCUT2D eigenvalue weighted by Gasteiger charge is 2.42. The summed E-state index contributed by atoms with van der Waals surface area (Å²) in [6, 6.07) is 0.704. The molecule has 2 saturated carbocycles. The molecule has 0 radical (unpaired) electrons. The average molecular weight is 140 g/mol. The highest BCUT2D eigenvalue weighted by Crippen LogP contribution is 2.48. The summed E-state index contributed by atoms with van der Waals surface area (Å²) in [5.41, 5.74) is 4.14. The van der Waals surface area contributed by atoms with Crippen LogP contribution in [0.2, 0.25) is 0 Å². The maximum atomic E-state index is 4.14. The second-order valence-corrected chi connectivity index (χ2v) is 4.32. The van der Waals surface area contributed by atoms with Crippen LogP contribution in [0.4, 0.5) is 0 Å². The Morgan fingerprint density at radius 1 is 1.30 bits per heavy atom. The van der Waals surface area contributed by atoms with Crippen molar-refractivity contribution in [2.45, 2.75) is 38.6 Å². The Morgan fingerprint density at radius 2 is 2.10 bits per heavy atom. The lowest BCUT2D eigenvalue weighted by molar-refractivity contribution is -0.430. The zero-order chi connectivity index (χ0) is 7.14. The Morgan fingerprint density at radius 3 is 2.40 bits per heavy atom. The first-order valence-corrected chi connectivity index (χ1v) is 4.60. The molecule has 2 fully saturated rings. The van der Waals surface area contributed by atoms with Gasteiger partial charge < -0.3 is 5.73 Å². The number of hydrogen-bond donors (Lipinski definition) is 1. The lowest BCUT2D eigenvalue weighted by Gasteiger charge is -2.22. The van der Waals surface area contributed by atoms with Crippen LogP contribution in [0.15, 0.2) is 0 Å². The highest BCUT2D eigenvalue weighted by molar-refractivity contribution is 4.91. The summed E-state index contributed by atoms with van der Waals surface area (Å²) in [6.07, 6.45) is 6.06. The van der Waals surface area contributed by atoms with Gasteiger partial charge in [-0.15, -0.1) is 0 Å². The van der Waals surface area contributed by atoms with Gasteiger partial charge >= 0.3 is 0 Å². The van der Waals surface area contributed by atoms with Crippen LogP contribution in [0.25, 0.3) is 0 Å². The van der Waals surface area contributed by atoms with Crippen molar-refractivity contribution in [2.24, 2.45) is 17.8 Å². The maximum Gasteiger partial charge on any atom is 0.0846 e. The predicted octanol–water partition coefficient (Wildman–Crippen LogP) is 1.05. The van der Waals surface area contributed by atoms with Gasteiger partial charge in [0.25, 0.3) is 0 Å². The molecule has 10 heavy (non-hydrogen) atoms. The minimum Gasteiger partial charge on any atom is -0.355 e. The van der Waals surface area contributed by atoms with E-state index in [9.17, 15) is 0 Å². The van der Waals surface area contributed by atoms with Crippen LogP contribution in [0.3, 0.4) is 0 Å². The highest BCUT2D eigenvalue weighted by atomic mass is 14.7. The second kappa shape index (κ2) is 2.23. The summed E-state index contributed by atoms with van der Waals surface area (Å²) in [5, 5.41) is 0. The number of fused-ring (bicyclic) bond motifs is 2. The van der Waals surface area contributed by atoms with Gasteiger partial charge in [0, 0.05) is 5.92 Å². The Balaban J connectivity index is 2.02. The van der Waals surface area contributed by atoms with Gasteiger partial charge in [0.2, 0.25) is 0 Å². The SMILES string of the molecule is C[C@H]([NH3+])[C@H]1C[C@@H]2CC[C@H]1C2. The van der Waals surface area contributed by atoms with Crippen molar-refractivity contribution in [3.63, 3.8) is 0 Å². The Kier molecular flexibility index (Phi) is 1.48. The topological polar surface area (TPSA) is 27.6 Å². The molecular weight excluding hydrogens is 122 g/mol. The summed E-state index contributed by atoms with van der Waals surface area (Å²) in [7, 11) is 0. The lowest BCUT2D eigenvalue weighted by atomic mass is 9.84. The molecule has 0 aromatic heterocycles. The van der Waals surface area contributed by atoms with Crippen LogP contribution < -0.4 is 5.73 Å². The van der Waals surface area contributed by atoms with Crippen molar-refractivity contribution in [3.05, 3.63) is 0 Å². The largest absolute Gasteiger partial charge is 0.355 e. The zero-order valence-corrected chi connectivity index (χ0v) is 6.84. The first kappa shape index (κ1) is 6.66. The van der Waals surface area contributed by atoms with Gasteiger partial charge in [-0.2, -0.15) is 0 Å². The molecule has 2 bridgehead atoms. The minimum absolute atomic E-state index is 0.704. The van der Waals surface area contributed by atoms with E-state index < -0.39 is 0 Å². The van der Waals surface area contributed by atoms with Gasteiger partial charge in [-0.25, -0.2) is 0 Å². The molecule has 2 rings (SSSR count). The fraction of sp³-hybridized carbons (Fsp3) is 1.00. The summed E-state index contributed by atoms with van der Waals surface area (Å²) in [6.45, 7) is 2.28. The van der Waals surface area contributed by atoms with Crippen LogP contribution in [0.5, 0.6) is 0 Å². The molecule has 0 aromatic carbocycles. The standard InChI is InChI=1S/C9H17N/c1-6(10)9-5-7-2-3-8(9)4-7/h6-9H,2-5,10H2,1H3/p+1/t6-,7+,8-,9+/m0/s1. The minimum atomic E-state index is 0.704. The first-order valence-electron chi connectivity index (χ1n) is 4.60. The Hall–Kier alpha value is -0.0400. The van der Waals surface area contributed by atoms with Crippen LogP contribution in [0, 0.1) is 17.8 Å². The van der Waals surface area contributed by atoms with E-state index in [1.165, 1.54) is 25.7 Å². The molecule has 2 aliphatic carbocycles. The molecule has 2 aliphatic rings. The third-order valence-electron chi connectivity index (χ3n) is 3.52. The summed E-state index contributed by atoms with van der Waals surface area (Å²) >= 11 is 0. The molecule has 0 amide bonds. The van der Waals surface area contributed by atoms with Crippen molar-refractivity contribution in [1.29, 1.82) is 0 Å². The van der Waals surface area contributed by atoms with Crippen molar-refractivity contribution < 1.29 is 5.73 Å². The van der Waals surface area contributed by atoms with E-state index in [-0.39, 0.29) is 0 Å². The lowest BCUT2D eigenvalue weighted by Crippen LogP contribution is -2.63. The van der Waals surface area contributed by atoms with Crippen molar-refractivity contribution >= 4 is 0 Å². The van der Waals surface area contributed by atoms with E-state index in [0.717, 1.165) is 17.8 Å². The molecule has 0 spiro atoms. The number of quaternary nitrogens is 1. The van der Waals surface area contributed by atoms with Crippen LogP contribution >= 0.6 is 0 Å². The van der Waals surface area contributed by atoms with Crippen LogP contribution in [0.1, 0.15) is 32.6 Å². The summed E-state index contributed by atoms with van der Waals surface area (Å²) in [4.78, 5) is 0. The first-order chi connectivity index (χ1) is 4.77. The molecule has 3 N–H and O–H groups in total. The third kappa shape index (κ3) is 0.878. The van der Waals surface area contributed by atoms with E-state index >= 15 is 0 Å². The zero-order valence-electron chi connectivity index (χ0n) is 6.84. The molecule has 0 aromatic rings. The molecule has 0 heterocycles. The monoisotopic (exact) mass is 140 g/mol. The van der Waals surface area contributed by atoms with Gasteiger partial charge in [-0.1, -0.05) is 6.42 Å². The Bertz CT molecular complexity index is 131. The number of rotatable bonds is 1. The molecule has 1 nitrogen and oxygen atoms in total. The fourth-order valence-electron chi connectivity index (χ4n) is 2.99. The summed E-state index contributed by atoms with van der Waals surface area (Å²) < 4.78 is 0. The van der Waals surface area contributed by atoms with Crippen LogP contribution in [-0.2, 0) is 0 Å². The van der Waals surface area contributed by atoms with Crippen molar-refractivity contribution in [2.75, 3.05) is 0 Å². The average Bonchev–Trinajstić information content (AvgIpc) is 2.44. The quantitative estimate of drug-likeness (QED) is 0.564. The molecule has 0 unspecified atom stereocenters. The normalized spacial score (nSPS) is 48.0. The molecule has 4 atom stereocenters. The second-order valence-electron chi connectivity index (χ2n) is 4.32. The molecule has 58 valence electrons. The van der Waals surface area contributed by atoms with Gasteiger partial charge in [-0.3, -0.25) is 0 Å². The Labute approximate surface area is 63.0 Å². The van der Waals surface area contributed by atoms with E-state index in [4.69, 9.17) is 0 Å². The van der Waals surface area contributed by atoms with E-state index in [1.54, 1.807) is 0 Å². The van der Waals surface area contributed by atoms with Crippen molar-refractivity contribution in [3.8, 4) is 0 Å². The summed E-state index contributed by atoms with van der Waals surface area (Å²) in [5.74, 6) is 3.15. The molecule has 0 saturated heterocycles. The van der Waals surface area contributed by atoms with Gasteiger partial charge in [-0.05, 0) is 38.0 Å². The fourth-order valence-corrected chi connectivity index (χ4v) is 2.99. The third-order valence-corrected chi connectivity index (χ3v) is 3.52. The van der Waals surface area contributed by atoms with E-state index in [1.807, 2.05) is 0 Å².